The fourth-order valence-corrected chi connectivity index (χ4v) is 4.92. The highest BCUT2D eigenvalue weighted by Crippen LogP contribution is 2.36. The quantitative estimate of drug-likeness (QED) is 0.527. The van der Waals surface area contributed by atoms with E-state index in [9.17, 15) is 18.0 Å². The second kappa shape index (κ2) is 10.3. The second-order valence-electron chi connectivity index (χ2n) is 9.28. The lowest BCUT2D eigenvalue weighted by Crippen LogP contribution is -2.31. The van der Waals surface area contributed by atoms with Gasteiger partial charge in [0.05, 0.1) is 0 Å². The maximum Gasteiger partial charge on any atom is 0.490 e. The molecule has 2 unspecified atom stereocenters. The average Bonchev–Trinajstić information content (AvgIpc) is 3.60. The van der Waals surface area contributed by atoms with E-state index < -0.39 is 12.1 Å². The first kappa shape index (κ1) is 25.5. The topological polar surface area (TPSA) is 119 Å². The summed E-state index contributed by atoms with van der Waals surface area (Å²) in [6.07, 6.45) is -4.23. The van der Waals surface area contributed by atoms with Crippen molar-refractivity contribution in [2.24, 2.45) is 11.8 Å². The number of nitrogens with zero attached hydrogens (tertiary/aromatic N) is 4. The maximum absolute atomic E-state index is 12.8. The third-order valence-electron chi connectivity index (χ3n) is 6.66. The van der Waals surface area contributed by atoms with E-state index in [-0.39, 0.29) is 5.91 Å². The molecule has 1 fully saturated rings. The Morgan fingerprint density at radius 3 is 2.45 bits per heavy atom. The van der Waals surface area contributed by atoms with Crippen molar-refractivity contribution in [1.82, 2.24) is 19.7 Å². The van der Waals surface area contributed by atoms with Crippen LogP contribution in [0.4, 0.5) is 18.9 Å². The molecule has 3 aliphatic rings. The number of fused-ring (bicyclic) bond motifs is 3. The lowest BCUT2D eigenvalue weighted by atomic mass is 9.89. The number of hydrogen-bond donors (Lipinski definition) is 2. The zero-order valence-electron chi connectivity index (χ0n) is 20.0. The number of benzene rings is 2. The molecule has 1 amide bonds. The number of carbonyl (C=O) groups excluding carboxylic acids is 1. The second-order valence-corrected chi connectivity index (χ2v) is 9.28. The van der Waals surface area contributed by atoms with E-state index in [1.54, 1.807) is 0 Å². The summed E-state index contributed by atoms with van der Waals surface area (Å²) < 4.78 is 44.7. The number of aliphatic carboxylic acids is 1. The minimum atomic E-state index is -5.08. The minimum absolute atomic E-state index is 0.210. The van der Waals surface area contributed by atoms with Crippen LogP contribution in [0.15, 0.2) is 48.5 Å². The monoisotopic (exact) mass is 531 g/mol. The van der Waals surface area contributed by atoms with Gasteiger partial charge in [0.15, 0.2) is 11.5 Å². The number of likely N-dealkylation sites (tertiary alicyclic amines) is 1. The minimum Gasteiger partial charge on any atom is -0.475 e. The number of carboxylic acids is 1. The van der Waals surface area contributed by atoms with E-state index in [4.69, 9.17) is 19.4 Å². The Labute approximate surface area is 215 Å². The average molecular weight is 531 g/mol. The largest absolute Gasteiger partial charge is 0.490 e. The molecule has 3 aliphatic heterocycles. The van der Waals surface area contributed by atoms with Crippen LogP contribution in [0.5, 0.6) is 11.5 Å². The molecule has 6 rings (SSSR count). The van der Waals surface area contributed by atoms with Gasteiger partial charge in [0.1, 0.15) is 5.82 Å². The van der Waals surface area contributed by atoms with Gasteiger partial charge in [0, 0.05) is 38.3 Å². The van der Waals surface area contributed by atoms with Gasteiger partial charge in [-0.25, -0.2) is 4.79 Å². The molecule has 38 heavy (non-hydrogen) atoms. The Bertz CT molecular complexity index is 1330. The van der Waals surface area contributed by atoms with Crippen LogP contribution in [0.1, 0.15) is 22.0 Å². The highest BCUT2D eigenvalue weighted by molar-refractivity contribution is 6.01. The number of alkyl halides is 3. The standard InChI is InChI=1S/C23H23N5O3.C2HF3O2/c29-23(24-18-4-2-1-3-5-18)22-26-25-21-9-16-11-27(12-17(16)13-28(21)22)10-15-6-7-19-20(8-15)31-14-30-19;3-2(4,5)1(6)7/h1-8,16-17H,9-14H2,(H,24,29);(H,6,7). The number of halogens is 3. The Hall–Kier alpha value is -4.13. The van der Waals surface area contributed by atoms with Gasteiger partial charge in [-0.1, -0.05) is 24.3 Å². The molecule has 0 bridgehead atoms. The summed E-state index contributed by atoms with van der Waals surface area (Å²) in [6, 6.07) is 15.6. The Morgan fingerprint density at radius 1 is 1.00 bits per heavy atom. The van der Waals surface area contributed by atoms with Crippen molar-refractivity contribution in [2.45, 2.75) is 25.7 Å². The van der Waals surface area contributed by atoms with E-state index in [1.807, 2.05) is 41.0 Å². The molecular formula is C25H24F3N5O5. The van der Waals surface area contributed by atoms with Crippen molar-refractivity contribution >= 4 is 17.6 Å². The van der Waals surface area contributed by atoms with Crippen LogP contribution in [-0.4, -0.2) is 62.7 Å². The van der Waals surface area contributed by atoms with Crippen LogP contribution in [0.2, 0.25) is 0 Å². The Kier molecular flexibility index (Phi) is 6.93. The first-order valence-corrected chi connectivity index (χ1v) is 11.9. The van der Waals surface area contributed by atoms with Gasteiger partial charge in [-0.05, 0) is 41.7 Å². The van der Waals surface area contributed by atoms with Crippen molar-refractivity contribution < 1.29 is 37.3 Å². The number of carbonyl (C=O) groups is 2. The number of anilines is 1. The predicted molar refractivity (Wildman–Crippen MR) is 127 cm³/mol. The number of amides is 1. The number of para-hydroxylation sites is 1. The first-order chi connectivity index (χ1) is 18.2. The molecule has 0 aliphatic carbocycles. The summed E-state index contributed by atoms with van der Waals surface area (Å²) >= 11 is 0. The van der Waals surface area contributed by atoms with E-state index in [2.05, 4.69) is 32.5 Å². The van der Waals surface area contributed by atoms with Gasteiger partial charge in [-0.3, -0.25) is 9.69 Å². The highest BCUT2D eigenvalue weighted by atomic mass is 19.4. The summed E-state index contributed by atoms with van der Waals surface area (Å²) in [4.78, 5) is 24.1. The van der Waals surface area contributed by atoms with Crippen LogP contribution >= 0.6 is 0 Å². The highest BCUT2D eigenvalue weighted by Gasteiger charge is 2.39. The molecule has 200 valence electrons. The molecule has 3 aromatic rings. The summed E-state index contributed by atoms with van der Waals surface area (Å²) in [5.41, 5.74) is 1.99. The fourth-order valence-electron chi connectivity index (χ4n) is 4.92. The zero-order valence-corrected chi connectivity index (χ0v) is 20.0. The van der Waals surface area contributed by atoms with Gasteiger partial charge < -0.3 is 24.5 Å². The van der Waals surface area contributed by atoms with Gasteiger partial charge in [-0.2, -0.15) is 13.2 Å². The molecule has 0 radical (unpaired) electrons. The molecule has 1 aromatic heterocycles. The fraction of sp³-hybridized carbons (Fsp3) is 0.360. The summed E-state index contributed by atoms with van der Waals surface area (Å²) in [7, 11) is 0. The van der Waals surface area contributed by atoms with E-state index in [0.717, 1.165) is 55.6 Å². The van der Waals surface area contributed by atoms with Gasteiger partial charge in [0.2, 0.25) is 12.6 Å². The normalized spacial score (nSPS) is 19.7. The predicted octanol–water partition coefficient (Wildman–Crippen LogP) is 3.20. The van der Waals surface area contributed by atoms with Gasteiger partial charge in [0.25, 0.3) is 5.91 Å². The van der Waals surface area contributed by atoms with Gasteiger partial charge in [-0.15, -0.1) is 10.2 Å². The smallest absolute Gasteiger partial charge is 0.475 e. The zero-order chi connectivity index (χ0) is 26.9. The lowest BCUT2D eigenvalue weighted by Gasteiger charge is -2.25. The number of hydrogen-bond acceptors (Lipinski definition) is 7. The third kappa shape index (κ3) is 5.57. The molecule has 13 heteroatoms. The van der Waals surface area contributed by atoms with Crippen LogP contribution in [-0.2, 0) is 24.3 Å². The van der Waals surface area contributed by atoms with Crippen molar-refractivity contribution in [1.29, 1.82) is 0 Å². The molecule has 1 saturated heterocycles. The van der Waals surface area contributed by atoms with Gasteiger partial charge >= 0.3 is 12.1 Å². The summed E-state index contributed by atoms with van der Waals surface area (Å²) in [5.74, 6) is 1.01. The Balaban J connectivity index is 0.000000374. The summed E-state index contributed by atoms with van der Waals surface area (Å²) in [6.45, 7) is 3.98. The first-order valence-electron chi connectivity index (χ1n) is 11.9. The maximum atomic E-state index is 12.8. The molecule has 2 aromatic carbocycles. The Morgan fingerprint density at radius 2 is 1.71 bits per heavy atom. The number of rotatable bonds is 4. The van der Waals surface area contributed by atoms with Crippen LogP contribution in [0.25, 0.3) is 0 Å². The summed E-state index contributed by atoms with van der Waals surface area (Å²) in [5, 5.41) is 18.6. The van der Waals surface area contributed by atoms with Crippen molar-refractivity contribution in [3.8, 4) is 11.5 Å². The molecule has 2 N–H and O–H groups in total. The number of carboxylic acid groups (broad SMARTS) is 1. The van der Waals surface area contributed by atoms with E-state index in [0.29, 0.717) is 24.5 Å². The number of nitrogens with one attached hydrogen (secondary N) is 1. The third-order valence-corrected chi connectivity index (χ3v) is 6.66. The molecule has 0 saturated carbocycles. The van der Waals surface area contributed by atoms with Crippen molar-refractivity contribution in [3.05, 3.63) is 65.7 Å². The van der Waals surface area contributed by atoms with Crippen molar-refractivity contribution in [3.63, 3.8) is 0 Å². The number of ether oxygens (including phenoxy) is 2. The van der Waals surface area contributed by atoms with E-state index in [1.165, 1.54) is 5.56 Å². The molecule has 0 spiro atoms. The van der Waals surface area contributed by atoms with Crippen LogP contribution in [0, 0.1) is 11.8 Å². The lowest BCUT2D eigenvalue weighted by molar-refractivity contribution is -0.192. The van der Waals surface area contributed by atoms with Crippen LogP contribution in [0.3, 0.4) is 0 Å². The molecular weight excluding hydrogens is 507 g/mol. The van der Waals surface area contributed by atoms with Crippen molar-refractivity contribution in [2.75, 3.05) is 25.2 Å². The SMILES string of the molecule is O=C(Nc1ccccc1)c1nnc2n1CC1CN(Cc3ccc4c(c3)OCO4)CC1C2.O=C(O)C(F)(F)F. The molecule has 4 heterocycles. The van der Waals surface area contributed by atoms with Crippen LogP contribution < -0.4 is 14.8 Å². The number of aromatic nitrogens is 3. The molecule has 10 nitrogen and oxygen atoms in total. The molecule has 2 atom stereocenters. The van der Waals surface area contributed by atoms with E-state index >= 15 is 0 Å².